The molecule has 4 rings (SSSR count). The number of aromatic nitrogens is 2. The van der Waals surface area contributed by atoms with Gasteiger partial charge in [-0.3, -0.25) is 9.69 Å². The van der Waals surface area contributed by atoms with Gasteiger partial charge in [-0.15, -0.1) is 0 Å². The van der Waals surface area contributed by atoms with Crippen molar-refractivity contribution in [2.24, 2.45) is 5.92 Å². The molecular weight excluding hydrogens is 360 g/mol. The molecule has 2 aromatic carbocycles. The van der Waals surface area contributed by atoms with Crippen molar-refractivity contribution in [2.45, 2.75) is 19.4 Å². The van der Waals surface area contributed by atoms with Gasteiger partial charge in [0.1, 0.15) is 0 Å². The zero-order valence-corrected chi connectivity index (χ0v) is 15.9. The second-order valence-corrected chi connectivity index (χ2v) is 7.60. The smallest absolute Gasteiger partial charge is 0.238 e. The van der Waals surface area contributed by atoms with Crippen LogP contribution in [0.15, 0.2) is 54.9 Å². The van der Waals surface area contributed by atoms with Gasteiger partial charge in [0.2, 0.25) is 5.91 Å². The molecular formula is C21H23ClN4O. The minimum absolute atomic E-state index is 0.0105. The second kappa shape index (κ2) is 8.11. The number of amides is 1. The summed E-state index contributed by atoms with van der Waals surface area (Å²) in [4.78, 5) is 19.0. The average molecular weight is 383 g/mol. The summed E-state index contributed by atoms with van der Waals surface area (Å²) in [7, 11) is 0. The number of likely N-dealkylation sites (tertiary alicyclic amines) is 1. The maximum absolute atomic E-state index is 12.3. The molecule has 3 aromatic rings. The lowest BCUT2D eigenvalue weighted by atomic mass is 9.96. The highest BCUT2D eigenvalue weighted by Crippen LogP contribution is 2.22. The minimum Gasteiger partial charge on any atom is -0.330 e. The molecule has 1 saturated heterocycles. The molecule has 0 atom stereocenters. The number of benzene rings is 2. The number of anilines is 1. The standard InChI is InChI=1S/C21H23ClN4O/c22-17-4-3-5-18(12-17)24-21(27)14-25-10-8-16(9-11-25)13-26-15-23-19-6-1-2-7-20(19)26/h1-7,12,15-16H,8-11,13-14H2,(H,24,27). The van der Waals surface area contributed by atoms with Gasteiger partial charge in [-0.1, -0.05) is 29.8 Å². The summed E-state index contributed by atoms with van der Waals surface area (Å²) in [6, 6.07) is 15.5. The zero-order valence-electron chi connectivity index (χ0n) is 15.1. The van der Waals surface area contributed by atoms with Crippen molar-refractivity contribution < 1.29 is 4.79 Å². The maximum atomic E-state index is 12.3. The van der Waals surface area contributed by atoms with Crippen LogP contribution in [0.3, 0.4) is 0 Å². The number of halogens is 1. The Kier molecular flexibility index (Phi) is 5.41. The molecule has 1 aliphatic heterocycles. The van der Waals surface area contributed by atoms with E-state index in [1.807, 2.05) is 30.6 Å². The van der Waals surface area contributed by atoms with E-state index in [1.165, 1.54) is 5.52 Å². The van der Waals surface area contributed by atoms with Crippen LogP contribution in [-0.4, -0.2) is 40.0 Å². The number of nitrogens with zero attached hydrogens (tertiary/aromatic N) is 3. The lowest BCUT2D eigenvalue weighted by Gasteiger charge is -2.31. The van der Waals surface area contributed by atoms with Crippen LogP contribution < -0.4 is 5.32 Å². The van der Waals surface area contributed by atoms with E-state index in [9.17, 15) is 4.79 Å². The third kappa shape index (κ3) is 4.49. The van der Waals surface area contributed by atoms with Crippen LogP contribution in [0, 0.1) is 5.92 Å². The number of carbonyl (C=O) groups is 1. The van der Waals surface area contributed by atoms with E-state index in [-0.39, 0.29) is 5.91 Å². The molecule has 0 aliphatic carbocycles. The van der Waals surface area contributed by atoms with Crippen molar-refractivity contribution in [1.82, 2.24) is 14.5 Å². The molecule has 1 aliphatic rings. The summed E-state index contributed by atoms with van der Waals surface area (Å²) in [6.45, 7) is 3.30. The number of nitrogens with one attached hydrogen (secondary N) is 1. The zero-order chi connectivity index (χ0) is 18.6. The minimum atomic E-state index is 0.0105. The number of hydrogen-bond acceptors (Lipinski definition) is 3. The molecule has 1 fully saturated rings. The average Bonchev–Trinajstić information content (AvgIpc) is 3.06. The molecule has 2 heterocycles. The largest absolute Gasteiger partial charge is 0.330 e. The Morgan fingerprint density at radius 1 is 1.15 bits per heavy atom. The van der Waals surface area contributed by atoms with Gasteiger partial charge in [0, 0.05) is 17.3 Å². The summed E-state index contributed by atoms with van der Waals surface area (Å²) in [6.07, 6.45) is 4.13. The number of hydrogen-bond donors (Lipinski definition) is 1. The van der Waals surface area contributed by atoms with E-state index < -0.39 is 0 Å². The third-order valence-corrected chi connectivity index (χ3v) is 5.40. The highest BCUT2D eigenvalue weighted by Gasteiger charge is 2.21. The monoisotopic (exact) mass is 382 g/mol. The SMILES string of the molecule is O=C(CN1CCC(Cn2cnc3ccccc32)CC1)Nc1cccc(Cl)c1. The fraction of sp³-hybridized carbons (Fsp3) is 0.333. The van der Waals surface area contributed by atoms with E-state index >= 15 is 0 Å². The van der Waals surface area contributed by atoms with Crippen molar-refractivity contribution in [3.8, 4) is 0 Å². The van der Waals surface area contributed by atoms with E-state index in [0.29, 0.717) is 17.5 Å². The second-order valence-electron chi connectivity index (χ2n) is 7.16. The van der Waals surface area contributed by atoms with E-state index in [2.05, 4.69) is 31.9 Å². The van der Waals surface area contributed by atoms with Crippen LogP contribution >= 0.6 is 11.6 Å². The summed E-state index contributed by atoms with van der Waals surface area (Å²) in [5, 5.41) is 3.55. The molecule has 140 valence electrons. The van der Waals surface area contributed by atoms with Crippen molar-refractivity contribution in [2.75, 3.05) is 25.0 Å². The quantitative estimate of drug-likeness (QED) is 0.724. The number of fused-ring (bicyclic) bond motifs is 1. The summed E-state index contributed by atoms with van der Waals surface area (Å²) < 4.78 is 2.25. The first kappa shape index (κ1) is 18.0. The van der Waals surface area contributed by atoms with Crippen LogP contribution in [0.2, 0.25) is 5.02 Å². The lowest BCUT2D eigenvalue weighted by Crippen LogP contribution is -2.39. The molecule has 0 unspecified atom stereocenters. The Hall–Kier alpha value is -2.37. The maximum Gasteiger partial charge on any atom is 0.238 e. The van der Waals surface area contributed by atoms with Crippen molar-refractivity contribution in [3.05, 3.63) is 59.9 Å². The van der Waals surface area contributed by atoms with Crippen LogP contribution in [-0.2, 0) is 11.3 Å². The molecule has 0 radical (unpaired) electrons. The van der Waals surface area contributed by atoms with Crippen LogP contribution in [0.1, 0.15) is 12.8 Å². The summed E-state index contributed by atoms with van der Waals surface area (Å²) in [5.41, 5.74) is 2.99. The Bertz CT molecular complexity index is 931. The molecule has 0 bridgehead atoms. The van der Waals surface area contributed by atoms with Crippen molar-refractivity contribution >= 4 is 34.2 Å². The van der Waals surface area contributed by atoms with Crippen molar-refractivity contribution in [3.63, 3.8) is 0 Å². The topological polar surface area (TPSA) is 50.2 Å². The van der Waals surface area contributed by atoms with Gasteiger partial charge in [0.15, 0.2) is 0 Å². The predicted molar refractivity (Wildman–Crippen MR) is 109 cm³/mol. The molecule has 27 heavy (non-hydrogen) atoms. The highest BCUT2D eigenvalue weighted by atomic mass is 35.5. The molecule has 1 aromatic heterocycles. The molecule has 6 heteroatoms. The Balaban J connectivity index is 1.27. The van der Waals surface area contributed by atoms with E-state index in [0.717, 1.165) is 43.7 Å². The number of rotatable bonds is 5. The van der Waals surface area contributed by atoms with E-state index in [1.54, 1.807) is 12.1 Å². The first-order valence-corrected chi connectivity index (χ1v) is 9.73. The fourth-order valence-electron chi connectivity index (χ4n) is 3.73. The van der Waals surface area contributed by atoms with Gasteiger partial charge in [-0.05, 0) is 62.2 Å². The molecule has 0 saturated carbocycles. The molecule has 1 N–H and O–H groups in total. The number of carbonyl (C=O) groups excluding carboxylic acids is 1. The lowest BCUT2D eigenvalue weighted by molar-refractivity contribution is -0.117. The van der Waals surface area contributed by atoms with Gasteiger partial charge in [0.25, 0.3) is 0 Å². The summed E-state index contributed by atoms with van der Waals surface area (Å²) >= 11 is 5.96. The van der Waals surface area contributed by atoms with Crippen LogP contribution in [0.5, 0.6) is 0 Å². The van der Waals surface area contributed by atoms with Gasteiger partial charge in [-0.2, -0.15) is 0 Å². The Labute approximate surface area is 163 Å². The number of para-hydroxylation sites is 2. The first-order valence-electron chi connectivity index (χ1n) is 9.35. The number of imidazole rings is 1. The first-order chi connectivity index (χ1) is 13.2. The molecule has 5 nitrogen and oxygen atoms in total. The molecule has 1 amide bonds. The van der Waals surface area contributed by atoms with Gasteiger partial charge >= 0.3 is 0 Å². The summed E-state index contributed by atoms with van der Waals surface area (Å²) in [5.74, 6) is 0.631. The third-order valence-electron chi connectivity index (χ3n) is 5.17. The normalized spacial score (nSPS) is 15.9. The highest BCUT2D eigenvalue weighted by molar-refractivity contribution is 6.30. The van der Waals surface area contributed by atoms with Gasteiger partial charge in [-0.25, -0.2) is 4.98 Å². The van der Waals surface area contributed by atoms with Crippen molar-refractivity contribution in [1.29, 1.82) is 0 Å². The van der Waals surface area contributed by atoms with Crippen LogP contribution in [0.25, 0.3) is 11.0 Å². The van der Waals surface area contributed by atoms with E-state index in [4.69, 9.17) is 11.6 Å². The Morgan fingerprint density at radius 3 is 2.78 bits per heavy atom. The number of piperidine rings is 1. The van der Waals surface area contributed by atoms with Crippen LogP contribution in [0.4, 0.5) is 5.69 Å². The Morgan fingerprint density at radius 2 is 1.96 bits per heavy atom. The van der Waals surface area contributed by atoms with Gasteiger partial charge in [0.05, 0.1) is 23.9 Å². The predicted octanol–water partition coefficient (Wildman–Crippen LogP) is 4.04. The van der Waals surface area contributed by atoms with Gasteiger partial charge < -0.3 is 9.88 Å². The fourth-order valence-corrected chi connectivity index (χ4v) is 3.92. The molecule has 0 spiro atoms.